The molecule has 2 aliphatic heterocycles. The van der Waals surface area contributed by atoms with Crippen molar-refractivity contribution in [3.8, 4) is 5.69 Å². The Kier molecular flexibility index (Phi) is 3.34. The number of nitrogens with one attached hydrogen (secondary N) is 1. The number of H-pyrrole nitrogens is 1. The minimum atomic E-state index is -0.524. The summed E-state index contributed by atoms with van der Waals surface area (Å²) in [5.74, 6) is 0.467. The molecule has 1 aromatic carbocycles. The van der Waals surface area contributed by atoms with Crippen molar-refractivity contribution >= 4 is 16.8 Å². The lowest BCUT2D eigenvalue weighted by molar-refractivity contribution is 0.0626. The summed E-state index contributed by atoms with van der Waals surface area (Å²) in [5, 5.41) is 0.389. The van der Waals surface area contributed by atoms with Crippen molar-refractivity contribution in [2.45, 2.75) is 25.8 Å². The molecule has 2 aromatic heterocycles. The van der Waals surface area contributed by atoms with Gasteiger partial charge in [0.15, 0.2) is 0 Å². The number of aromatic nitrogens is 3. The van der Waals surface area contributed by atoms with Crippen molar-refractivity contribution < 1.29 is 4.79 Å². The first kappa shape index (κ1) is 16.0. The number of pyridine rings is 1. The maximum atomic E-state index is 13.1. The van der Waals surface area contributed by atoms with Crippen LogP contribution in [0.1, 0.15) is 41.7 Å². The maximum Gasteiger partial charge on any atom is 0.333 e. The summed E-state index contributed by atoms with van der Waals surface area (Å²) >= 11 is 0. The number of benzene rings is 1. The van der Waals surface area contributed by atoms with Gasteiger partial charge in [-0.15, -0.1) is 0 Å². The fourth-order valence-corrected chi connectivity index (χ4v) is 4.38. The lowest BCUT2D eigenvalue weighted by Crippen LogP contribution is -2.37. The van der Waals surface area contributed by atoms with E-state index in [9.17, 15) is 14.4 Å². The monoisotopic (exact) mass is 362 g/mol. The van der Waals surface area contributed by atoms with E-state index in [4.69, 9.17) is 0 Å². The van der Waals surface area contributed by atoms with Gasteiger partial charge in [-0.05, 0) is 37.0 Å². The van der Waals surface area contributed by atoms with Gasteiger partial charge in [-0.1, -0.05) is 13.0 Å². The molecule has 0 aliphatic carbocycles. The smallest absolute Gasteiger partial charge is 0.331 e. The molecule has 0 saturated carbocycles. The summed E-state index contributed by atoms with van der Waals surface area (Å²) in [7, 11) is 0. The zero-order valence-electron chi connectivity index (χ0n) is 14.8. The number of rotatable bonds is 1. The third kappa shape index (κ3) is 2.21. The van der Waals surface area contributed by atoms with Crippen LogP contribution < -0.4 is 11.2 Å². The van der Waals surface area contributed by atoms with E-state index in [1.807, 2.05) is 4.90 Å². The van der Waals surface area contributed by atoms with Crippen molar-refractivity contribution in [3.05, 3.63) is 68.6 Å². The third-order valence-corrected chi connectivity index (χ3v) is 5.71. The number of hydrogen-bond acceptors (Lipinski definition) is 4. The molecule has 4 heterocycles. The Balaban J connectivity index is 1.81. The van der Waals surface area contributed by atoms with Crippen LogP contribution in [0.4, 0.5) is 0 Å². The standard InChI is InChI=1S/C20H18N4O3/c1-11-6-8-23-16(9-11)17-13(18(23)25)3-2-4-15(17)24-19(26)12-5-7-21-10-14(12)22-20(24)27/h2-5,7,10-11,16H,6,8-9H2,1H3,(H,22,27). The number of aromatic amines is 1. The lowest BCUT2D eigenvalue weighted by atomic mass is 9.89. The lowest BCUT2D eigenvalue weighted by Gasteiger charge is -2.34. The molecule has 1 amide bonds. The van der Waals surface area contributed by atoms with Gasteiger partial charge in [-0.3, -0.25) is 14.6 Å². The second-order valence-corrected chi connectivity index (χ2v) is 7.37. The van der Waals surface area contributed by atoms with Crippen molar-refractivity contribution in [1.29, 1.82) is 0 Å². The van der Waals surface area contributed by atoms with Gasteiger partial charge in [0.1, 0.15) is 0 Å². The Morgan fingerprint density at radius 3 is 2.89 bits per heavy atom. The summed E-state index contributed by atoms with van der Waals surface area (Å²) in [6, 6.07) is 6.77. The molecule has 1 fully saturated rings. The third-order valence-electron chi connectivity index (χ3n) is 5.71. The van der Waals surface area contributed by atoms with Crippen LogP contribution in [0.2, 0.25) is 0 Å². The molecule has 1 N–H and O–H groups in total. The van der Waals surface area contributed by atoms with Gasteiger partial charge in [0.25, 0.3) is 11.5 Å². The zero-order chi connectivity index (χ0) is 18.7. The van der Waals surface area contributed by atoms with Crippen LogP contribution in [0.15, 0.2) is 46.2 Å². The average Bonchev–Trinajstić information content (AvgIpc) is 2.94. The SMILES string of the molecule is CC1CCN2C(=O)c3cccc(-n4c(=O)[nH]c5cnccc5c4=O)c3C2C1. The Morgan fingerprint density at radius 1 is 1.19 bits per heavy atom. The van der Waals surface area contributed by atoms with E-state index in [0.29, 0.717) is 34.6 Å². The first-order valence-electron chi connectivity index (χ1n) is 9.09. The van der Waals surface area contributed by atoms with E-state index < -0.39 is 11.2 Å². The molecule has 2 aliphatic rings. The molecule has 3 aromatic rings. The van der Waals surface area contributed by atoms with Crippen LogP contribution in [-0.4, -0.2) is 31.9 Å². The van der Waals surface area contributed by atoms with Crippen LogP contribution in [0.3, 0.4) is 0 Å². The quantitative estimate of drug-likeness (QED) is 0.717. The molecule has 136 valence electrons. The molecule has 0 spiro atoms. The maximum absolute atomic E-state index is 13.1. The number of fused-ring (bicyclic) bond motifs is 4. The Hall–Kier alpha value is -3.22. The van der Waals surface area contributed by atoms with Gasteiger partial charge < -0.3 is 9.88 Å². The predicted molar refractivity (Wildman–Crippen MR) is 100 cm³/mol. The van der Waals surface area contributed by atoms with E-state index >= 15 is 0 Å². The number of hydrogen-bond donors (Lipinski definition) is 1. The Labute approximate surface area is 154 Å². The van der Waals surface area contributed by atoms with Gasteiger partial charge in [-0.25, -0.2) is 9.36 Å². The topological polar surface area (TPSA) is 88.1 Å². The normalized spacial score (nSPS) is 21.4. The van der Waals surface area contributed by atoms with E-state index in [-0.39, 0.29) is 11.9 Å². The molecular formula is C20H18N4O3. The highest BCUT2D eigenvalue weighted by atomic mass is 16.2. The number of amides is 1. The van der Waals surface area contributed by atoms with Gasteiger partial charge in [-0.2, -0.15) is 0 Å². The van der Waals surface area contributed by atoms with Crippen LogP contribution in [0, 0.1) is 5.92 Å². The second kappa shape index (κ2) is 5.64. The molecule has 2 unspecified atom stereocenters. The van der Waals surface area contributed by atoms with Gasteiger partial charge in [0, 0.05) is 23.9 Å². The molecule has 7 heteroatoms. The first-order valence-corrected chi connectivity index (χ1v) is 9.09. The van der Waals surface area contributed by atoms with E-state index in [1.165, 1.54) is 12.4 Å². The van der Waals surface area contributed by atoms with Crippen LogP contribution >= 0.6 is 0 Å². The fourth-order valence-electron chi connectivity index (χ4n) is 4.38. The Bertz CT molecular complexity index is 1210. The van der Waals surface area contributed by atoms with Gasteiger partial charge in [0.2, 0.25) is 0 Å². The summed E-state index contributed by atoms with van der Waals surface area (Å²) < 4.78 is 1.15. The highest BCUT2D eigenvalue weighted by molar-refractivity contribution is 6.00. The average molecular weight is 362 g/mol. The molecule has 27 heavy (non-hydrogen) atoms. The molecule has 5 rings (SSSR count). The number of nitrogens with zero attached hydrogens (tertiary/aromatic N) is 3. The van der Waals surface area contributed by atoms with Gasteiger partial charge in [0.05, 0.1) is 28.8 Å². The Morgan fingerprint density at radius 2 is 2.04 bits per heavy atom. The predicted octanol–water partition coefficient (Wildman–Crippen LogP) is 2.00. The molecule has 2 atom stereocenters. The van der Waals surface area contributed by atoms with Crippen LogP contribution in [0.5, 0.6) is 0 Å². The summed E-state index contributed by atoms with van der Waals surface area (Å²) in [6.45, 7) is 2.87. The zero-order valence-corrected chi connectivity index (χ0v) is 14.8. The summed E-state index contributed by atoms with van der Waals surface area (Å²) in [4.78, 5) is 47.2. The van der Waals surface area contributed by atoms with Gasteiger partial charge >= 0.3 is 5.69 Å². The molecule has 7 nitrogen and oxygen atoms in total. The molecule has 1 saturated heterocycles. The number of piperidine rings is 1. The highest BCUT2D eigenvalue weighted by Gasteiger charge is 2.41. The van der Waals surface area contributed by atoms with E-state index in [1.54, 1.807) is 24.3 Å². The molecule has 0 bridgehead atoms. The fraction of sp³-hybridized carbons (Fsp3) is 0.300. The molecular weight excluding hydrogens is 344 g/mol. The minimum Gasteiger partial charge on any atom is -0.331 e. The van der Waals surface area contributed by atoms with Crippen molar-refractivity contribution in [3.63, 3.8) is 0 Å². The van der Waals surface area contributed by atoms with Crippen molar-refractivity contribution in [2.75, 3.05) is 6.54 Å². The van der Waals surface area contributed by atoms with Crippen molar-refractivity contribution in [2.24, 2.45) is 5.92 Å². The molecule has 0 radical (unpaired) electrons. The van der Waals surface area contributed by atoms with E-state index in [2.05, 4.69) is 16.9 Å². The number of carbonyl (C=O) groups is 1. The first-order chi connectivity index (χ1) is 13.1. The van der Waals surface area contributed by atoms with E-state index in [0.717, 1.165) is 23.0 Å². The summed E-state index contributed by atoms with van der Waals surface area (Å²) in [5.41, 5.74) is 1.35. The second-order valence-electron chi connectivity index (χ2n) is 7.37. The highest BCUT2D eigenvalue weighted by Crippen LogP contribution is 2.43. The van der Waals surface area contributed by atoms with Crippen molar-refractivity contribution in [1.82, 2.24) is 19.4 Å². The minimum absolute atomic E-state index is 0.0155. The van der Waals surface area contributed by atoms with Crippen LogP contribution in [0.25, 0.3) is 16.6 Å². The summed E-state index contributed by atoms with van der Waals surface area (Å²) in [6.07, 6.45) is 4.79. The largest absolute Gasteiger partial charge is 0.333 e. The van der Waals surface area contributed by atoms with Crippen LogP contribution in [-0.2, 0) is 0 Å². The number of carbonyl (C=O) groups excluding carboxylic acids is 1.